The van der Waals surface area contributed by atoms with E-state index in [2.05, 4.69) is 5.10 Å². The summed E-state index contributed by atoms with van der Waals surface area (Å²) in [6, 6.07) is 31.0. The van der Waals surface area contributed by atoms with Crippen LogP contribution in [-0.2, 0) is 0 Å². The van der Waals surface area contributed by atoms with Crippen molar-refractivity contribution >= 4 is 10.8 Å². The maximum absolute atomic E-state index is 13.7. The van der Waals surface area contributed by atoms with E-state index in [0.29, 0.717) is 5.56 Å². The molecule has 31 heavy (non-hydrogen) atoms. The predicted octanol–water partition coefficient (Wildman–Crippen LogP) is 5.51. The smallest absolute Gasteiger partial charge is 0.275 e. The highest BCUT2D eigenvalue weighted by atomic mass is 16.3. The Kier molecular flexibility index (Phi) is 4.68. The van der Waals surface area contributed by atoms with Crippen molar-refractivity contribution in [3.05, 3.63) is 130 Å². The number of para-hydroxylation sites is 1. The fourth-order valence-corrected chi connectivity index (χ4v) is 4.37. The number of fused-ring (bicyclic) bond motifs is 1. The predicted molar refractivity (Wildman–Crippen MR) is 124 cm³/mol. The third-order valence-corrected chi connectivity index (χ3v) is 5.79. The van der Waals surface area contributed by atoms with E-state index in [-0.39, 0.29) is 11.3 Å². The number of H-pyrrole nitrogens is 1. The average Bonchev–Trinajstić information content (AvgIpc) is 3.11. The fraction of sp³-hybridized carbons (Fsp3) is 0.0741. The van der Waals surface area contributed by atoms with Crippen molar-refractivity contribution in [1.29, 1.82) is 0 Å². The van der Waals surface area contributed by atoms with Gasteiger partial charge in [-0.05, 0) is 41.5 Å². The van der Waals surface area contributed by atoms with Crippen LogP contribution in [0.2, 0.25) is 0 Å². The number of aromatic amines is 1. The van der Waals surface area contributed by atoms with E-state index in [4.69, 9.17) is 0 Å². The molecule has 4 aromatic carbocycles. The molecule has 4 nitrogen and oxygen atoms in total. The molecule has 0 saturated carbocycles. The van der Waals surface area contributed by atoms with E-state index in [1.165, 1.54) is 0 Å². The van der Waals surface area contributed by atoms with Gasteiger partial charge in [0.25, 0.3) is 5.56 Å². The quantitative estimate of drug-likeness (QED) is 0.413. The molecule has 0 aliphatic heterocycles. The summed E-state index contributed by atoms with van der Waals surface area (Å²) in [6.45, 7) is 1.91. The van der Waals surface area contributed by atoms with E-state index in [0.717, 1.165) is 33.3 Å². The van der Waals surface area contributed by atoms with Gasteiger partial charge in [-0.3, -0.25) is 9.89 Å². The number of phenols is 1. The SMILES string of the molecule is Cc1[nH]n(-c2ccccc2)c(=O)c1[C@@H](c1ccccc1)c1c(O)ccc2ccccc12. The van der Waals surface area contributed by atoms with Crippen LogP contribution in [0.3, 0.4) is 0 Å². The first-order chi connectivity index (χ1) is 15.1. The van der Waals surface area contributed by atoms with Gasteiger partial charge in [0.05, 0.1) is 11.3 Å². The lowest BCUT2D eigenvalue weighted by Gasteiger charge is -2.20. The van der Waals surface area contributed by atoms with Gasteiger partial charge in [0.15, 0.2) is 0 Å². The lowest BCUT2D eigenvalue weighted by molar-refractivity contribution is 0.468. The van der Waals surface area contributed by atoms with Crippen molar-refractivity contribution in [2.45, 2.75) is 12.8 Å². The molecule has 5 rings (SSSR count). The second-order valence-corrected chi connectivity index (χ2v) is 7.69. The first-order valence-corrected chi connectivity index (χ1v) is 10.3. The lowest BCUT2D eigenvalue weighted by atomic mass is 9.82. The second-order valence-electron chi connectivity index (χ2n) is 7.69. The van der Waals surface area contributed by atoms with Gasteiger partial charge in [0, 0.05) is 17.2 Å². The number of hydrogen-bond acceptors (Lipinski definition) is 2. The van der Waals surface area contributed by atoms with Gasteiger partial charge in [-0.2, -0.15) is 0 Å². The Balaban J connectivity index is 1.83. The van der Waals surface area contributed by atoms with Crippen LogP contribution in [0.15, 0.2) is 102 Å². The number of aryl methyl sites for hydroxylation is 1. The molecular formula is C27H22N2O2. The molecule has 1 aromatic heterocycles. The Morgan fingerprint density at radius 1 is 0.774 bits per heavy atom. The van der Waals surface area contributed by atoms with Gasteiger partial charge < -0.3 is 5.11 Å². The minimum atomic E-state index is -0.416. The molecule has 0 radical (unpaired) electrons. The van der Waals surface area contributed by atoms with Gasteiger partial charge in [0.2, 0.25) is 0 Å². The Bertz CT molecular complexity index is 1420. The van der Waals surface area contributed by atoms with Crippen molar-refractivity contribution in [3.63, 3.8) is 0 Å². The normalized spacial score (nSPS) is 12.2. The molecule has 0 amide bonds. The maximum Gasteiger partial charge on any atom is 0.275 e. The number of nitrogens with zero attached hydrogens (tertiary/aromatic N) is 1. The summed E-state index contributed by atoms with van der Waals surface area (Å²) in [5.74, 6) is -0.236. The molecule has 0 aliphatic carbocycles. The number of rotatable bonds is 4. The van der Waals surface area contributed by atoms with Crippen molar-refractivity contribution in [1.82, 2.24) is 9.78 Å². The zero-order valence-corrected chi connectivity index (χ0v) is 17.1. The summed E-state index contributed by atoms with van der Waals surface area (Å²) in [5, 5.41) is 16.2. The molecule has 152 valence electrons. The number of phenolic OH excluding ortho intramolecular Hbond substituents is 1. The molecule has 0 bridgehead atoms. The zero-order valence-electron chi connectivity index (χ0n) is 17.1. The highest BCUT2D eigenvalue weighted by Gasteiger charge is 2.28. The molecule has 0 aliphatic rings. The second kappa shape index (κ2) is 7.65. The van der Waals surface area contributed by atoms with Crippen LogP contribution in [0.1, 0.15) is 28.3 Å². The summed E-state index contributed by atoms with van der Waals surface area (Å²) in [4.78, 5) is 13.7. The molecule has 4 heteroatoms. The third-order valence-electron chi connectivity index (χ3n) is 5.79. The van der Waals surface area contributed by atoms with Gasteiger partial charge >= 0.3 is 0 Å². The Hall–Kier alpha value is -4.05. The summed E-state index contributed by atoms with van der Waals surface area (Å²) in [7, 11) is 0. The molecule has 5 aromatic rings. The topological polar surface area (TPSA) is 58.0 Å². The summed E-state index contributed by atoms with van der Waals surface area (Å²) >= 11 is 0. The summed E-state index contributed by atoms with van der Waals surface area (Å²) < 4.78 is 1.57. The Labute approximate surface area is 180 Å². The number of aromatic hydroxyl groups is 1. The minimum Gasteiger partial charge on any atom is -0.508 e. The molecule has 1 heterocycles. The standard InChI is InChI=1S/C27H22N2O2/c1-18-24(27(31)29(28-18)21-13-6-3-7-14-21)25(20-11-4-2-5-12-20)26-22-15-9-8-10-19(22)16-17-23(26)30/h2-17,25,28,30H,1H3/t25-/m1/s1. The zero-order chi connectivity index (χ0) is 21.4. The first kappa shape index (κ1) is 18.9. The van der Waals surface area contributed by atoms with Crippen LogP contribution in [-0.4, -0.2) is 14.9 Å². The average molecular weight is 406 g/mol. The number of aromatic nitrogens is 2. The van der Waals surface area contributed by atoms with Crippen molar-refractivity contribution < 1.29 is 5.11 Å². The third kappa shape index (κ3) is 3.22. The van der Waals surface area contributed by atoms with Crippen molar-refractivity contribution in [2.75, 3.05) is 0 Å². The van der Waals surface area contributed by atoms with Crippen molar-refractivity contribution in [3.8, 4) is 11.4 Å². The van der Waals surface area contributed by atoms with Crippen molar-refractivity contribution in [2.24, 2.45) is 0 Å². The fourth-order valence-electron chi connectivity index (χ4n) is 4.37. The lowest BCUT2D eigenvalue weighted by Crippen LogP contribution is -2.20. The number of benzene rings is 4. The van der Waals surface area contributed by atoms with Gasteiger partial charge in [-0.25, -0.2) is 4.68 Å². The molecule has 0 unspecified atom stereocenters. The first-order valence-electron chi connectivity index (χ1n) is 10.3. The highest BCUT2D eigenvalue weighted by molar-refractivity contribution is 5.89. The van der Waals surface area contributed by atoms with Gasteiger partial charge in [-0.1, -0.05) is 78.9 Å². The van der Waals surface area contributed by atoms with E-state index in [1.807, 2.05) is 97.9 Å². The van der Waals surface area contributed by atoms with Crippen LogP contribution in [0.4, 0.5) is 0 Å². The van der Waals surface area contributed by atoms with Crippen LogP contribution < -0.4 is 5.56 Å². The van der Waals surface area contributed by atoms with E-state index >= 15 is 0 Å². The monoisotopic (exact) mass is 406 g/mol. The van der Waals surface area contributed by atoms with Crippen LogP contribution >= 0.6 is 0 Å². The van der Waals surface area contributed by atoms with E-state index < -0.39 is 5.92 Å². The summed E-state index contributed by atoms with van der Waals surface area (Å²) in [6.07, 6.45) is 0. The molecule has 1 atom stereocenters. The molecule has 2 N–H and O–H groups in total. The van der Waals surface area contributed by atoms with Crippen LogP contribution in [0.25, 0.3) is 16.5 Å². The minimum absolute atomic E-state index is 0.120. The maximum atomic E-state index is 13.7. The molecule has 0 spiro atoms. The molecule has 0 saturated heterocycles. The Morgan fingerprint density at radius 3 is 2.16 bits per heavy atom. The van der Waals surface area contributed by atoms with E-state index in [9.17, 15) is 9.90 Å². The number of nitrogens with one attached hydrogen (secondary N) is 1. The highest BCUT2D eigenvalue weighted by Crippen LogP contribution is 2.41. The van der Waals surface area contributed by atoms with E-state index in [1.54, 1.807) is 10.7 Å². The van der Waals surface area contributed by atoms with Gasteiger partial charge in [0.1, 0.15) is 5.75 Å². The van der Waals surface area contributed by atoms with Crippen LogP contribution in [0, 0.1) is 6.92 Å². The number of hydrogen-bond donors (Lipinski definition) is 2. The molecular weight excluding hydrogens is 384 g/mol. The Morgan fingerprint density at radius 2 is 1.42 bits per heavy atom. The largest absolute Gasteiger partial charge is 0.508 e. The van der Waals surface area contributed by atoms with Gasteiger partial charge in [-0.15, -0.1) is 0 Å². The van der Waals surface area contributed by atoms with Crippen LogP contribution in [0.5, 0.6) is 5.75 Å². The summed E-state index contributed by atoms with van der Waals surface area (Å²) in [5.41, 5.74) is 3.75. The molecule has 0 fully saturated rings.